The number of nitrogens with zero attached hydrogens (tertiary/aromatic N) is 1. The highest BCUT2D eigenvalue weighted by Gasteiger charge is 2.32. The van der Waals surface area contributed by atoms with Crippen molar-refractivity contribution >= 4 is 11.7 Å². The molecular formula is C18H25NO4. The lowest BCUT2D eigenvalue weighted by atomic mass is 9.78. The molecule has 5 nitrogen and oxygen atoms in total. The Morgan fingerprint density at radius 3 is 1.96 bits per heavy atom. The molecule has 0 aliphatic carbocycles. The highest BCUT2D eigenvalue weighted by atomic mass is 16.7. The van der Waals surface area contributed by atoms with Crippen LogP contribution in [0.25, 0.3) is 0 Å². The van der Waals surface area contributed by atoms with Crippen LogP contribution in [0.5, 0.6) is 5.75 Å². The van der Waals surface area contributed by atoms with Crippen molar-refractivity contribution in [2.75, 3.05) is 0 Å². The molecule has 2 rings (SSSR count). The molecule has 1 unspecified atom stereocenters. The summed E-state index contributed by atoms with van der Waals surface area (Å²) in [5, 5.41) is 23.7. The molecule has 5 heteroatoms. The minimum Gasteiger partial charge on any atom is -0.507 e. The minimum atomic E-state index is -1.02. The quantitative estimate of drug-likeness (QED) is 0.873. The SMILES string of the molecule is CC(C)(C)c1cc(C2=NOC(C(=O)O)C2)cc(C(C)(C)C)c1O. The van der Waals surface area contributed by atoms with Crippen LogP contribution in [-0.4, -0.2) is 28.0 Å². The number of oxime groups is 1. The third-order valence-electron chi connectivity index (χ3n) is 4.00. The maximum absolute atomic E-state index is 11.0. The molecule has 0 saturated carbocycles. The molecular weight excluding hydrogens is 294 g/mol. The summed E-state index contributed by atoms with van der Waals surface area (Å²) in [4.78, 5) is 16.0. The van der Waals surface area contributed by atoms with Crippen LogP contribution in [0, 0.1) is 0 Å². The van der Waals surface area contributed by atoms with Gasteiger partial charge in [-0.1, -0.05) is 46.7 Å². The molecule has 1 heterocycles. The largest absolute Gasteiger partial charge is 0.507 e. The Hall–Kier alpha value is -2.04. The molecule has 2 N–H and O–H groups in total. The number of phenolic OH excluding ortho intramolecular Hbond substituents is 1. The van der Waals surface area contributed by atoms with E-state index in [1.165, 1.54) is 0 Å². The molecule has 0 amide bonds. The fourth-order valence-corrected chi connectivity index (χ4v) is 2.62. The van der Waals surface area contributed by atoms with Gasteiger partial charge in [-0.15, -0.1) is 0 Å². The number of aliphatic carboxylic acids is 1. The first kappa shape index (κ1) is 17.3. The fraction of sp³-hybridized carbons (Fsp3) is 0.556. The molecule has 1 aliphatic heterocycles. The van der Waals surface area contributed by atoms with E-state index in [4.69, 9.17) is 9.94 Å². The van der Waals surface area contributed by atoms with Gasteiger partial charge >= 0.3 is 5.97 Å². The van der Waals surface area contributed by atoms with Crippen molar-refractivity contribution < 1.29 is 19.8 Å². The van der Waals surface area contributed by atoms with E-state index in [1.807, 2.05) is 53.7 Å². The van der Waals surface area contributed by atoms with Crippen molar-refractivity contribution in [3.8, 4) is 5.75 Å². The second kappa shape index (κ2) is 5.55. The van der Waals surface area contributed by atoms with E-state index < -0.39 is 12.1 Å². The predicted octanol–water partition coefficient (Wildman–Crippen LogP) is 3.56. The number of phenols is 1. The van der Waals surface area contributed by atoms with E-state index in [2.05, 4.69) is 5.16 Å². The van der Waals surface area contributed by atoms with Gasteiger partial charge in [-0.05, 0) is 23.0 Å². The van der Waals surface area contributed by atoms with Crippen LogP contribution in [0.1, 0.15) is 64.7 Å². The van der Waals surface area contributed by atoms with Crippen LogP contribution in [0.4, 0.5) is 0 Å². The molecule has 1 aliphatic rings. The first-order valence-corrected chi connectivity index (χ1v) is 7.75. The Labute approximate surface area is 137 Å². The number of benzene rings is 1. The Morgan fingerprint density at radius 2 is 1.61 bits per heavy atom. The van der Waals surface area contributed by atoms with E-state index in [9.17, 15) is 9.90 Å². The van der Waals surface area contributed by atoms with Crippen molar-refractivity contribution in [3.05, 3.63) is 28.8 Å². The number of aromatic hydroxyl groups is 1. The van der Waals surface area contributed by atoms with Crippen molar-refractivity contribution in [1.29, 1.82) is 0 Å². The lowest BCUT2D eigenvalue weighted by Gasteiger charge is -2.28. The van der Waals surface area contributed by atoms with Gasteiger partial charge in [0.05, 0.1) is 5.71 Å². The smallest absolute Gasteiger partial charge is 0.348 e. The maximum Gasteiger partial charge on any atom is 0.348 e. The first-order valence-electron chi connectivity index (χ1n) is 7.75. The highest BCUT2D eigenvalue weighted by molar-refractivity contribution is 6.04. The Balaban J connectivity index is 2.56. The Bertz CT molecular complexity index is 628. The van der Waals surface area contributed by atoms with Crippen LogP contribution in [0.15, 0.2) is 17.3 Å². The highest BCUT2D eigenvalue weighted by Crippen LogP contribution is 2.40. The van der Waals surface area contributed by atoms with Gasteiger partial charge in [-0.3, -0.25) is 0 Å². The van der Waals surface area contributed by atoms with E-state index in [-0.39, 0.29) is 17.3 Å². The molecule has 0 radical (unpaired) electrons. The number of rotatable bonds is 2. The third kappa shape index (κ3) is 3.49. The summed E-state index contributed by atoms with van der Waals surface area (Å²) in [6, 6.07) is 3.77. The average molecular weight is 319 g/mol. The van der Waals surface area contributed by atoms with Crippen LogP contribution in [0.3, 0.4) is 0 Å². The zero-order chi connectivity index (χ0) is 17.6. The van der Waals surface area contributed by atoms with Gasteiger partial charge in [0.15, 0.2) is 0 Å². The number of hydrogen-bond donors (Lipinski definition) is 2. The van der Waals surface area contributed by atoms with Gasteiger partial charge in [0, 0.05) is 23.1 Å². The zero-order valence-electron chi connectivity index (χ0n) is 14.6. The molecule has 126 valence electrons. The molecule has 0 spiro atoms. The zero-order valence-corrected chi connectivity index (χ0v) is 14.6. The lowest BCUT2D eigenvalue weighted by molar-refractivity contribution is -0.148. The summed E-state index contributed by atoms with van der Waals surface area (Å²) < 4.78 is 0. The first-order chi connectivity index (χ1) is 10.4. The molecule has 0 aromatic heterocycles. The molecule has 0 fully saturated rings. The fourth-order valence-electron chi connectivity index (χ4n) is 2.62. The molecule has 1 atom stereocenters. The van der Waals surface area contributed by atoms with Crippen LogP contribution >= 0.6 is 0 Å². The second-order valence-corrected chi connectivity index (χ2v) is 8.09. The molecule has 0 bridgehead atoms. The summed E-state index contributed by atoms with van der Waals surface area (Å²) in [6.07, 6.45) is -0.706. The van der Waals surface area contributed by atoms with E-state index in [1.54, 1.807) is 0 Å². The van der Waals surface area contributed by atoms with Gasteiger partial charge in [-0.2, -0.15) is 0 Å². The van der Waals surface area contributed by atoms with E-state index >= 15 is 0 Å². The predicted molar refractivity (Wildman–Crippen MR) is 89.2 cm³/mol. The number of carboxylic acid groups (broad SMARTS) is 1. The van der Waals surface area contributed by atoms with Crippen molar-refractivity contribution in [2.24, 2.45) is 5.16 Å². The molecule has 1 aromatic carbocycles. The monoisotopic (exact) mass is 319 g/mol. The summed E-state index contributed by atoms with van der Waals surface area (Å²) in [7, 11) is 0. The minimum absolute atomic E-state index is 0.229. The summed E-state index contributed by atoms with van der Waals surface area (Å²) in [5.74, 6) is -0.724. The summed E-state index contributed by atoms with van der Waals surface area (Å²) >= 11 is 0. The van der Waals surface area contributed by atoms with Gasteiger partial charge < -0.3 is 15.1 Å². The average Bonchev–Trinajstić information content (AvgIpc) is 2.85. The van der Waals surface area contributed by atoms with Gasteiger partial charge in [-0.25, -0.2) is 4.79 Å². The molecule has 23 heavy (non-hydrogen) atoms. The van der Waals surface area contributed by atoms with Crippen LogP contribution in [0.2, 0.25) is 0 Å². The van der Waals surface area contributed by atoms with Crippen LogP contribution < -0.4 is 0 Å². The number of carbonyl (C=O) groups is 1. The topological polar surface area (TPSA) is 79.1 Å². The lowest BCUT2D eigenvalue weighted by Crippen LogP contribution is -2.21. The van der Waals surface area contributed by atoms with Gasteiger partial charge in [0.25, 0.3) is 0 Å². The van der Waals surface area contributed by atoms with E-state index in [0.29, 0.717) is 11.5 Å². The van der Waals surface area contributed by atoms with Gasteiger partial charge in [0.2, 0.25) is 6.10 Å². The van der Waals surface area contributed by atoms with Crippen molar-refractivity contribution in [2.45, 2.75) is 64.9 Å². The van der Waals surface area contributed by atoms with Crippen LogP contribution in [-0.2, 0) is 20.5 Å². The summed E-state index contributed by atoms with van der Waals surface area (Å²) in [5.41, 5.74) is 2.57. The standard InChI is InChI=1S/C18H25NO4/c1-17(2,3)11-7-10(8-12(15(11)20)18(4,5)6)13-9-14(16(21)22)23-19-13/h7-8,14,20H,9H2,1-6H3,(H,21,22). The van der Waals surface area contributed by atoms with Gasteiger partial charge in [0.1, 0.15) is 5.75 Å². The summed E-state index contributed by atoms with van der Waals surface area (Å²) in [6.45, 7) is 12.2. The Morgan fingerprint density at radius 1 is 1.13 bits per heavy atom. The normalized spacial score (nSPS) is 18.5. The third-order valence-corrected chi connectivity index (χ3v) is 4.00. The number of hydrogen-bond acceptors (Lipinski definition) is 4. The van der Waals surface area contributed by atoms with Crippen molar-refractivity contribution in [3.63, 3.8) is 0 Å². The number of carboxylic acids is 1. The van der Waals surface area contributed by atoms with E-state index in [0.717, 1.165) is 16.7 Å². The maximum atomic E-state index is 11.0. The van der Waals surface area contributed by atoms with Crippen molar-refractivity contribution in [1.82, 2.24) is 0 Å². The second-order valence-electron chi connectivity index (χ2n) is 8.09. The molecule has 1 aromatic rings. The molecule has 0 saturated heterocycles. The Kier molecular flexibility index (Phi) is 4.18.